The lowest BCUT2D eigenvalue weighted by Gasteiger charge is -2.22. The average molecular weight is 394 g/mol. The number of amides is 1. The number of benzene rings is 2. The van der Waals surface area contributed by atoms with Crippen LogP contribution in [-0.2, 0) is 13.0 Å². The number of fused-ring (bicyclic) bond motifs is 1. The minimum absolute atomic E-state index is 0.170. The van der Waals surface area contributed by atoms with Crippen molar-refractivity contribution in [2.45, 2.75) is 26.8 Å². The molecule has 0 radical (unpaired) electrons. The van der Waals surface area contributed by atoms with E-state index in [4.69, 9.17) is 9.47 Å². The first-order chi connectivity index (χ1) is 14.0. The standard InChI is InChI=1S/C23H26N2O4/c1-6-15-10-8-9-11-19(15)24(3)22(26)18-14-25(7-2)23(27)17-13-21(29-5)20(28-4)12-16(17)18/h8-14H,6-7H2,1-5H3. The number of methoxy groups -OCH3 is 2. The van der Waals surface area contributed by atoms with Gasteiger partial charge in [-0.1, -0.05) is 25.1 Å². The van der Waals surface area contributed by atoms with Crippen molar-refractivity contribution < 1.29 is 14.3 Å². The maximum Gasteiger partial charge on any atom is 0.260 e. The molecular weight excluding hydrogens is 368 g/mol. The van der Waals surface area contributed by atoms with Gasteiger partial charge in [-0.05, 0) is 37.1 Å². The Morgan fingerprint density at radius 2 is 1.66 bits per heavy atom. The highest BCUT2D eigenvalue weighted by Gasteiger charge is 2.22. The summed E-state index contributed by atoms with van der Waals surface area (Å²) in [5, 5.41) is 0.968. The van der Waals surface area contributed by atoms with Crippen molar-refractivity contribution in [1.82, 2.24) is 4.57 Å². The zero-order chi connectivity index (χ0) is 21.1. The van der Waals surface area contributed by atoms with Crippen LogP contribution in [0.1, 0.15) is 29.8 Å². The van der Waals surface area contributed by atoms with Gasteiger partial charge < -0.3 is 18.9 Å². The molecule has 1 amide bonds. The average Bonchev–Trinajstić information content (AvgIpc) is 2.77. The van der Waals surface area contributed by atoms with Gasteiger partial charge in [0.1, 0.15) is 0 Å². The first-order valence-corrected chi connectivity index (χ1v) is 9.61. The monoisotopic (exact) mass is 394 g/mol. The Morgan fingerprint density at radius 1 is 1.03 bits per heavy atom. The molecule has 0 N–H and O–H groups in total. The molecule has 0 saturated heterocycles. The summed E-state index contributed by atoms with van der Waals surface area (Å²) < 4.78 is 12.3. The van der Waals surface area contributed by atoms with Gasteiger partial charge in [0.25, 0.3) is 11.5 Å². The number of aromatic nitrogens is 1. The molecule has 0 bridgehead atoms. The van der Waals surface area contributed by atoms with E-state index < -0.39 is 0 Å². The third kappa shape index (κ3) is 3.58. The number of carbonyl (C=O) groups excluding carboxylic acids is 1. The summed E-state index contributed by atoms with van der Waals surface area (Å²) in [4.78, 5) is 28.0. The van der Waals surface area contributed by atoms with Crippen LogP contribution in [0.3, 0.4) is 0 Å². The number of carbonyl (C=O) groups is 1. The van der Waals surface area contributed by atoms with Crippen molar-refractivity contribution in [3.8, 4) is 11.5 Å². The predicted molar refractivity (Wildman–Crippen MR) is 116 cm³/mol. The number of para-hydroxylation sites is 1. The number of aryl methyl sites for hydroxylation is 2. The Bertz CT molecular complexity index is 1120. The fraction of sp³-hybridized carbons (Fsp3) is 0.304. The first kappa shape index (κ1) is 20.5. The van der Waals surface area contributed by atoms with E-state index in [2.05, 4.69) is 6.92 Å². The van der Waals surface area contributed by atoms with Crippen molar-refractivity contribution in [2.75, 3.05) is 26.2 Å². The fourth-order valence-corrected chi connectivity index (χ4v) is 3.55. The third-order valence-corrected chi connectivity index (χ3v) is 5.20. The van der Waals surface area contributed by atoms with Crippen LogP contribution in [0, 0.1) is 0 Å². The Morgan fingerprint density at radius 3 is 2.24 bits per heavy atom. The zero-order valence-corrected chi connectivity index (χ0v) is 17.5. The van der Waals surface area contributed by atoms with Crippen molar-refractivity contribution in [3.05, 3.63) is 64.1 Å². The summed E-state index contributed by atoms with van der Waals surface area (Å²) in [6.45, 7) is 4.39. The summed E-state index contributed by atoms with van der Waals surface area (Å²) in [6.07, 6.45) is 2.44. The van der Waals surface area contributed by atoms with Crippen LogP contribution in [-0.4, -0.2) is 31.7 Å². The Labute approximate surface area is 170 Å². The van der Waals surface area contributed by atoms with E-state index in [0.29, 0.717) is 34.4 Å². The van der Waals surface area contributed by atoms with Gasteiger partial charge in [-0.2, -0.15) is 0 Å². The Kier molecular flexibility index (Phi) is 5.92. The second-order valence-corrected chi connectivity index (χ2v) is 6.73. The molecule has 6 heteroatoms. The Balaban J connectivity index is 2.26. The molecule has 0 spiro atoms. The van der Waals surface area contributed by atoms with Crippen molar-refractivity contribution in [1.29, 1.82) is 0 Å². The predicted octanol–water partition coefficient (Wildman–Crippen LogP) is 3.88. The molecule has 0 aliphatic rings. The van der Waals surface area contributed by atoms with Crippen LogP contribution < -0.4 is 19.9 Å². The van der Waals surface area contributed by atoms with Gasteiger partial charge in [0.2, 0.25) is 0 Å². The lowest BCUT2D eigenvalue weighted by atomic mass is 10.0. The summed E-state index contributed by atoms with van der Waals surface area (Å²) in [7, 11) is 4.80. The highest BCUT2D eigenvalue weighted by molar-refractivity contribution is 6.14. The third-order valence-electron chi connectivity index (χ3n) is 5.20. The molecule has 2 aromatic carbocycles. The minimum Gasteiger partial charge on any atom is -0.493 e. The molecule has 29 heavy (non-hydrogen) atoms. The van der Waals surface area contributed by atoms with E-state index in [1.165, 1.54) is 14.2 Å². The van der Waals surface area contributed by atoms with Gasteiger partial charge in [-0.25, -0.2) is 0 Å². The van der Waals surface area contributed by atoms with Gasteiger partial charge >= 0.3 is 0 Å². The van der Waals surface area contributed by atoms with E-state index in [1.807, 2.05) is 31.2 Å². The van der Waals surface area contributed by atoms with Gasteiger partial charge in [0.05, 0.1) is 25.2 Å². The zero-order valence-electron chi connectivity index (χ0n) is 17.5. The lowest BCUT2D eigenvalue weighted by Crippen LogP contribution is -2.30. The van der Waals surface area contributed by atoms with Gasteiger partial charge in [-0.3, -0.25) is 9.59 Å². The van der Waals surface area contributed by atoms with E-state index in [1.54, 1.807) is 34.8 Å². The first-order valence-electron chi connectivity index (χ1n) is 9.61. The smallest absolute Gasteiger partial charge is 0.260 e. The molecule has 3 rings (SSSR count). The van der Waals surface area contributed by atoms with Gasteiger partial charge in [0.15, 0.2) is 11.5 Å². The molecule has 0 atom stereocenters. The number of anilines is 1. The SMILES string of the molecule is CCc1ccccc1N(C)C(=O)c1cn(CC)c(=O)c2cc(OC)c(OC)cc12. The molecule has 0 unspecified atom stereocenters. The van der Waals surface area contributed by atoms with Crippen LogP contribution in [0.15, 0.2) is 47.4 Å². The molecule has 152 valence electrons. The normalized spacial score (nSPS) is 10.8. The largest absolute Gasteiger partial charge is 0.493 e. The van der Waals surface area contributed by atoms with Crippen LogP contribution >= 0.6 is 0 Å². The molecule has 0 aliphatic heterocycles. The molecular formula is C23H26N2O4. The quantitative estimate of drug-likeness (QED) is 0.637. The van der Waals surface area contributed by atoms with Crippen molar-refractivity contribution in [3.63, 3.8) is 0 Å². The highest BCUT2D eigenvalue weighted by atomic mass is 16.5. The summed E-state index contributed by atoms with van der Waals surface area (Å²) in [5.74, 6) is 0.735. The van der Waals surface area contributed by atoms with Crippen molar-refractivity contribution in [2.24, 2.45) is 0 Å². The second kappa shape index (κ2) is 8.39. The number of rotatable bonds is 6. The van der Waals surface area contributed by atoms with Crippen molar-refractivity contribution >= 4 is 22.4 Å². The van der Waals surface area contributed by atoms with Crippen LogP contribution in [0.5, 0.6) is 11.5 Å². The van der Waals surface area contributed by atoms with E-state index in [9.17, 15) is 9.59 Å². The molecule has 0 fully saturated rings. The van der Waals surface area contributed by atoms with Crippen LogP contribution in [0.2, 0.25) is 0 Å². The molecule has 0 aliphatic carbocycles. The van der Waals surface area contributed by atoms with Crippen LogP contribution in [0.25, 0.3) is 10.8 Å². The Hall–Kier alpha value is -3.28. The molecule has 1 heterocycles. The fourth-order valence-electron chi connectivity index (χ4n) is 3.55. The molecule has 3 aromatic rings. The van der Waals surface area contributed by atoms with Crippen LogP contribution in [0.4, 0.5) is 5.69 Å². The summed E-state index contributed by atoms with van der Waals surface area (Å²) in [5.41, 5.74) is 2.20. The lowest BCUT2D eigenvalue weighted by molar-refractivity contribution is 0.0993. The number of hydrogen-bond donors (Lipinski definition) is 0. The van der Waals surface area contributed by atoms with E-state index >= 15 is 0 Å². The maximum atomic E-state index is 13.5. The second-order valence-electron chi connectivity index (χ2n) is 6.73. The maximum absolute atomic E-state index is 13.5. The number of ether oxygens (including phenoxy) is 2. The highest BCUT2D eigenvalue weighted by Crippen LogP contribution is 2.33. The molecule has 6 nitrogen and oxygen atoms in total. The minimum atomic E-state index is -0.190. The number of nitrogens with zero attached hydrogens (tertiary/aromatic N) is 2. The molecule has 0 saturated carbocycles. The van der Waals surface area contributed by atoms with E-state index in [0.717, 1.165) is 17.7 Å². The summed E-state index contributed by atoms with van der Waals surface area (Å²) in [6, 6.07) is 11.2. The number of hydrogen-bond acceptors (Lipinski definition) is 4. The topological polar surface area (TPSA) is 60.8 Å². The van der Waals surface area contributed by atoms with Gasteiger partial charge in [0, 0.05) is 30.9 Å². The van der Waals surface area contributed by atoms with Gasteiger partial charge in [-0.15, -0.1) is 0 Å². The van der Waals surface area contributed by atoms with E-state index in [-0.39, 0.29) is 11.5 Å². The molecule has 1 aromatic heterocycles. The number of pyridine rings is 1. The summed E-state index contributed by atoms with van der Waals surface area (Å²) >= 11 is 0.